The van der Waals surface area contributed by atoms with Gasteiger partial charge in [0.15, 0.2) is 0 Å². The van der Waals surface area contributed by atoms with Crippen LogP contribution in [0.3, 0.4) is 0 Å². The number of hydrogen-bond donors (Lipinski definition) is 3. The Morgan fingerprint density at radius 1 is 0.955 bits per heavy atom. The second-order valence-corrected chi connectivity index (χ2v) is 5.71. The Balaban J connectivity index is 1.88. The first kappa shape index (κ1) is 14.2. The van der Waals surface area contributed by atoms with E-state index in [0.29, 0.717) is 10.4 Å². The molecular weight excluding hydrogens is 300 g/mol. The van der Waals surface area contributed by atoms with Gasteiger partial charge in [-0.25, -0.2) is 5.48 Å². The second-order valence-electron chi connectivity index (χ2n) is 4.62. The van der Waals surface area contributed by atoms with Gasteiger partial charge < -0.3 is 5.32 Å². The van der Waals surface area contributed by atoms with Crippen molar-refractivity contribution in [2.45, 2.75) is 0 Å². The van der Waals surface area contributed by atoms with Crippen molar-refractivity contribution in [3.05, 3.63) is 65.0 Å². The van der Waals surface area contributed by atoms with E-state index in [1.54, 1.807) is 29.7 Å². The minimum absolute atomic E-state index is 0.215. The molecule has 0 bridgehead atoms. The molecule has 0 atom stereocenters. The summed E-state index contributed by atoms with van der Waals surface area (Å²) in [6.45, 7) is 0. The zero-order valence-corrected chi connectivity index (χ0v) is 12.2. The Hall–Kier alpha value is -2.70. The third-order valence-corrected chi connectivity index (χ3v) is 4.25. The SMILES string of the molecule is O=C(Nc1ccccc1)c1ccc2sc(C(=O)NO)cc2c1. The fourth-order valence-electron chi connectivity index (χ4n) is 2.08. The number of rotatable bonds is 3. The van der Waals surface area contributed by atoms with Crippen LogP contribution < -0.4 is 10.8 Å². The van der Waals surface area contributed by atoms with Gasteiger partial charge in [0.2, 0.25) is 0 Å². The molecule has 2 amide bonds. The van der Waals surface area contributed by atoms with Gasteiger partial charge in [0, 0.05) is 16.0 Å². The van der Waals surface area contributed by atoms with E-state index in [2.05, 4.69) is 5.32 Å². The van der Waals surface area contributed by atoms with Crippen LogP contribution in [0.1, 0.15) is 20.0 Å². The highest BCUT2D eigenvalue weighted by atomic mass is 32.1. The molecule has 22 heavy (non-hydrogen) atoms. The Morgan fingerprint density at radius 2 is 1.73 bits per heavy atom. The molecule has 0 aliphatic heterocycles. The number of anilines is 1. The standard InChI is InChI=1S/C16H12N2O3S/c19-15(17-12-4-2-1-3-5-12)10-6-7-13-11(8-10)9-14(22-13)16(20)18-21/h1-9,21H,(H,17,19)(H,18,20). The normalized spacial score (nSPS) is 10.4. The van der Waals surface area contributed by atoms with Gasteiger partial charge in [-0.2, -0.15) is 0 Å². The molecule has 3 aromatic rings. The molecule has 0 aliphatic rings. The molecule has 0 aliphatic carbocycles. The number of fused-ring (bicyclic) bond motifs is 1. The molecule has 0 fully saturated rings. The molecule has 1 aromatic heterocycles. The first-order valence-corrected chi connectivity index (χ1v) is 7.33. The molecule has 1 heterocycles. The average molecular weight is 312 g/mol. The van der Waals surface area contributed by atoms with Gasteiger partial charge in [-0.15, -0.1) is 11.3 Å². The van der Waals surface area contributed by atoms with Crippen LogP contribution in [0.4, 0.5) is 5.69 Å². The quantitative estimate of drug-likeness (QED) is 0.513. The van der Waals surface area contributed by atoms with E-state index in [4.69, 9.17) is 5.21 Å². The van der Waals surface area contributed by atoms with Crippen LogP contribution in [-0.4, -0.2) is 17.0 Å². The number of para-hydroxylation sites is 1. The summed E-state index contributed by atoms with van der Waals surface area (Å²) in [7, 11) is 0. The predicted molar refractivity (Wildman–Crippen MR) is 85.5 cm³/mol. The number of amides is 2. The van der Waals surface area contributed by atoms with E-state index < -0.39 is 5.91 Å². The van der Waals surface area contributed by atoms with E-state index in [1.807, 2.05) is 30.3 Å². The predicted octanol–water partition coefficient (Wildman–Crippen LogP) is 3.27. The van der Waals surface area contributed by atoms with Crippen LogP contribution >= 0.6 is 11.3 Å². The van der Waals surface area contributed by atoms with Crippen molar-refractivity contribution >= 4 is 38.9 Å². The second kappa shape index (κ2) is 5.97. The number of benzene rings is 2. The van der Waals surface area contributed by atoms with Crippen molar-refractivity contribution in [2.24, 2.45) is 0 Å². The number of hydrogen-bond acceptors (Lipinski definition) is 4. The largest absolute Gasteiger partial charge is 0.322 e. The third kappa shape index (κ3) is 2.83. The molecule has 2 aromatic carbocycles. The van der Waals surface area contributed by atoms with Crippen molar-refractivity contribution in [1.82, 2.24) is 5.48 Å². The van der Waals surface area contributed by atoms with Crippen molar-refractivity contribution in [3.8, 4) is 0 Å². The average Bonchev–Trinajstić information content (AvgIpc) is 2.98. The van der Waals surface area contributed by atoms with Gasteiger partial charge in [0.1, 0.15) is 0 Å². The molecule has 0 spiro atoms. The summed E-state index contributed by atoms with van der Waals surface area (Å²) in [6, 6.07) is 16.0. The van der Waals surface area contributed by atoms with Crippen LogP contribution in [0.5, 0.6) is 0 Å². The Labute approximate surface area is 130 Å². The number of thiophene rings is 1. The van der Waals surface area contributed by atoms with Crippen molar-refractivity contribution in [1.29, 1.82) is 0 Å². The summed E-state index contributed by atoms with van der Waals surface area (Å²) in [6.07, 6.45) is 0. The first-order valence-electron chi connectivity index (χ1n) is 6.52. The van der Waals surface area contributed by atoms with Gasteiger partial charge in [-0.1, -0.05) is 18.2 Å². The molecular formula is C16H12N2O3S. The van der Waals surface area contributed by atoms with Gasteiger partial charge >= 0.3 is 0 Å². The van der Waals surface area contributed by atoms with Gasteiger partial charge in [-0.3, -0.25) is 14.8 Å². The maximum absolute atomic E-state index is 12.2. The van der Waals surface area contributed by atoms with Crippen LogP contribution in [-0.2, 0) is 0 Å². The van der Waals surface area contributed by atoms with Crippen molar-refractivity contribution in [2.75, 3.05) is 5.32 Å². The molecule has 5 nitrogen and oxygen atoms in total. The maximum atomic E-state index is 12.2. The van der Waals surface area contributed by atoms with E-state index in [-0.39, 0.29) is 5.91 Å². The minimum Gasteiger partial charge on any atom is -0.322 e. The van der Waals surface area contributed by atoms with E-state index in [1.165, 1.54) is 11.3 Å². The van der Waals surface area contributed by atoms with Gasteiger partial charge in [-0.05, 0) is 41.8 Å². The fraction of sp³-hybridized carbons (Fsp3) is 0. The Kier molecular flexibility index (Phi) is 3.86. The van der Waals surface area contributed by atoms with Crippen molar-refractivity contribution in [3.63, 3.8) is 0 Å². The Bertz CT molecular complexity index is 843. The number of nitrogens with one attached hydrogen (secondary N) is 2. The molecule has 0 unspecified atom stereocenters. The lowest BCUT2D eigenvalue weighted by atomic mass is 10.1. The first-order chi connectivity index (χ1) is 10.7. The summed E-state index contributed by atoms with van der Waals surface area (Å²) >= 11 is 1.25. The molecule has 3 N–H and O–H groups in total. The lowest BCUT2D eigenvalue weighted by Crippen LogP contribution is -2.16. The molecule has 0 saturated carbocycles. The van der Waals surface area contributed by atoms with E-state index in [0.717, 1.165) is 15.8 Å². The maximum Gasteiger partial charge on any atom is 0.284 e. The molecule has 0 saturated heterocycles. The third-order valence-electron chi connectivity index (χ3n) is 3.14. The molecule has 3 rings (SSSR count). The lowest BCUT2D eigenvalue weighted by Gasteiger charge is -2.04. The zero-order chi connectivity index (χ0) is 15.5. The minimum atomic E-state index is -0.559. The highest BCUT2D eigenvalue weighted by molar-refractivity contribution is 7.20. The lowest BCUT2D eigenvalue weighted by molar-refractivity contribution is 0.0711. The smallest absolute Gasteiger partial charge is 0.284 e. The van der Waals surface area contributed by atoms with Crippen LogP contribution in [0, 0.1) is 0 Å². The summed E-state index contributed by atoms with van der Waals surface area (Å²) in [4.78, 5) is 24.0. The molecule has 0 radical (unpaired) electrons. The molecule has 6 heteroatoms. The highest BCUT2D eigenvalue weighted by Gasteiger charge is 2.12. The van der Waals surface area contributed by atoms with E-state index in [9.17, 15) is 9.59 Å². The van der Waals surface area contributed by atoms with Crippen LogP contribution in [0.2, 0.25) is 0 Å². The number of carbonyl (C=O) groups is 2. The highest BCUT2D eigenvalue weighted by Crippen LogP contribution is 2.26. The van der Waals surface area contributed by atoms with Gasteiger partial charge in [0.05, 0.1) is 4.88 Å². The summed E-state index contributed by atoms with van der Waals surface area (Å²) < 4.78 is 0.870. The van der Waals surface area contributed by atoms with Crippen LogP contribution in [0.25, 0.3) is 10.1 Å². The topological polar surface area (TPSA) is 78.4 Å². The zero-order valence-electron chi connectivity index (χ0n) is 11.4. The van der Waals surface area contributed by atoms with E-state index >= 15 is 0 Å². The summed E-state index contributed by atoms with van der Waals surface area (Å²) in [5.74, 6) is -0.774. The van der Waals surface area contributed by atoms with Crippen LogP contribution in [0.15, 0.2) is 54.6 Å². The molecule has 110 valence electrons. The fourth-order valence-corrected chi connectivity index (χ4v) is 3.01. The number of hydroxylamine groups is 1. The summed E-state index contributed by atoms with van der Waals surface area (Å²) in [5.41, 5.74) is 2.83. The summed E-state index contributed by atoms with van der Waals surface area (Å²) in [5, 5.41) is 12.3. The monoisotopic (exact) mass is 312 g/mol. The van der Waals surface area contributed by atoms with Gasteiger partial charge in [0.25, 0.3) is 11.8 Å². The van der Waals surface area contributed by atoms with Crippen molar-refractivity contribution < 1.29 is 14.8 Å². The number of carbonyl (C=O) groups excluding carboxylic acids is 2. The Morgan fingerprint density at radius 3 is 2.45 bits per heavy atom.